The second-order valence-corrected chi connectivity index (χ2v) is 7.02. The predicted molar refractivity (Wildman–Crippen MR) is 114 cm³/mol. The molecule has 0 radical (unpaired) electrons. The lowest BCUT2D eigenvalue weighted by molar-refractivity contribution is 0.120. The van der Waals surface area contributed by atoms with Gasteiger partial charge in [-0.15, -0.1) is 0 Å². The number of aryl methyl sites for hydroxylation is 1. The van der Waals surface area contributed by atoms with Crippen LogP contribution in [0.15, 0.2) is 60.7 Å². The van der Waals surface area contributed by atoms with Crippen LogP contribution in [0.2, 0.25) is 0 Å². The molecule has 2 N–H and O–H groups in total. The van der Waals surface area contributed by atoms with Crippen LogP contribution < -0.4 is 10.6 Å². The van der Waals surface area contributed by atoms with E-state index in [0.717, 1.165) is 55.3 Å². The third-order valence-corrected chi connectivity index (χ3v) is 4.93. The van der Waals surface area contributed by atoms with E-state index in [2.05, 4.69) is 41.8 Å². The highest BCUT2D eigenvalue weighted by Gasteiger charge is 2.16. The molecule has 5 nitrogen and oxygen atoms in total. The Labute approximate surface area is 166 Å². The van der Waals surface area contributed by atoms with Crippen molar-refractivity contribution in [2.24, 2.45) is 0 Å². The van der Waals surface area contributed by atoms with Gasteiger partial charge in [-0.3, -0.25) is 0 Å². The van der Waals surface area contributed by atoms with Gasteiger partial charge >= 0.3 is 0 Å². The van der Waals surface area contributed by atoms with Gasteiger partial charge in [-0.25, -0.2) is 9.97 Å². The number of benzene rings is 2. The first-order valence-corrected chi connectivity index (χ1v) is 9.96. The number of rotatable bonds is 7. The number of anilines is 3. The van der Waals surface area contributed by atoms with Crippen molar-refractivity contribution < 1.29 is 4.74 Å². The molecule has 1 saturated heterocycles. The maximum Gasteiger partial charge on any atom is 0.163 e. The summed E-state index contributed by atoms with van der Waals surface area (Å²) in [5.74, 6) is 2.27. The Balaban J connectivity index is 1.58. The highest BCUT2D eigenvalue weighted by molar-refractivity contribution is 5.65. The molecule has 5 heteroatoms. The Hall–Kier alpha value is -2.92. The predicted octanol–water partition coefficient (Wildman–Crippen LogP) is 5.04. The molecule has 0 aliphatic carbocycles. The van der Waals surface area contributed by atoms with Gasteiger partial charge in [-0.2, -0.15) is 0 Å². The van der Waals surface area contributed by atoms with E-state index in [4.69, 9.17) is 14.7 Å². The summed E-state index contributed by atoms with van der Waals surface area (Å²) < 4.78 is 5.72. The van der Waals surface area contributed by atoms with E-state index in [1.807, 2.05) is 36.4 Å². The van der Waals surface area contributed by atoms with E-state index in [1.54, 1.807) is 0 Å². The van der Waals surface area contributed by atoms with Crippen LogP contribution in [-0.4, -0.2) is 29.2 Å². The van der Waals surface area contributed by atoms with Gasteiger partial charge < -0.3 is 15.4 Å². The summed E-state index contributed by atoms with van der Waals surface area (Å²) >= 11 is 0. The molecule has 1 unspecified atom stereocenters. The molecule has 3 aromatic rings. The standard InChI is InChI=1S/C23H26N4O/c1-2-17-10-12-19(13-11-17)25-22-15-21(24-16-20-9-6-14-28-20)26-23(27-22)18-7-4-3-5-8-18/h3-5,7-8,10-13,15,20H,2,6,9,14,16H2,1H3,(H2,24,25,26,27). The molecular weight excluding hydrogens is 348 g/mol. The number of aromatic nitrogens is 2. The number of hydrogen-bond donors (Lipinski definition) is 2. The average molecular weight is 374 g/mol. The van der Waals surface area contributed by atoms with E-state index in [1.165, 1.54) is 5.56 Å². The zero-order valence-electron chi connectivity index (χ0n) is 16.2. The van der Waals surface area contributed by atoms with Crippen LogP contribution in [0, 0.1) is 0 Å². The average Bonchev–Trinajstić information content (AvgIpc) is 3.27. The zero-order valence-corrected chi connectivity index (χ0v) is 16.2. The molecule has 1 aliphatic heterocycles. The molecule has 1 aliphatic rings. The van der Waals surface area contributed by atoms with E-state index in [0.29, 0.717) is 5.82 Å². The first-order chi connectivity index (χ1) is 13.8. The van der Waals surface area contributed by atoms with E-state index >= 15 is 0 Å². The molecule has 0 amide bonds. The summed E-state index contributed by atoms with van der Waals surface area (Å²) in [4.78, 5) is 9.44. The molecule has 1 fully saturated rings. The van der Waals surface area contributed by atoms with Crippen molar-refractivity contribution in [2.45, 2.75) is 32.3 Å². The Kier molecular flexibility index (Phi) is 5.83. The van der Waals surface area contributed by atoms with E-state index < -0.39 is 0 Å². The molecule has 1 atom stereocenters. The molecule has 2 aromatic carbocycles. The fraction of sp³-hybridized carbons (Fsp3) is 0.304. The normalized spacial score (nSPS) is 16.1. The lowest BCUT2D eigenvalue weighted by atomic mass is 10.1. The summed E-state index contributed by atoms with van der Waals surface area (Å²) in [5, 5.41) is 6.84. The van der Waals surface area contributed by atoms with Gasteiger partial charge in [-0.1, -0.05) is 49.4 Å². The smallest absolute Gasteiger partial charge is 0.163 e. The summed E-state index contributed by atoms with van der Waals surface area (Å²) in [5.41, 5.74) is 3.32. The van der Waals surface area contributed by atoms with Crippen LogP contribution in [-0.2, 0) is 11.2 Å². The fourth-order valence-electron chi connectivity index (χ4n) is 3.31. The van der Waals surface area contributed by atoms with Gasteiger partial charge in [0.2, 0.25) is 0 Å². The van der Waals surface area contributed by atoms with E-state index in [9.17, 15) is 0 Å². The van der Waals surface area contributed by atoms with Gasteiger partial charge in [0.1, 0.15) is 11.6 Å². The van der Waals surface area contributed by atoms with Crippen LogP contribution >= 0.6 is 0 Å². The summed E-state index contributed by atoms with van der Waals surface area (Å²) in [6.07, 6.45) is 3.52. The Morgan fingerprint density at radius 2 is 1.79 bits per heavy atom. The van der Waals surface area contributed by atoms with Gasteiger partial charge in [-0.05, 0) is 37.0 Å². The maximum atomic E-state index is 5.72. The van der Waals surface area contributed by atoms with Crippen molar-refractivity contribution >= 4 is 17.3 Å². The lowest BCUT2D eigenvalue weighted by Gasteiger charge is -2.14. The van der Waals surface area contributed by atoms with Gasteiger partial charge in [0.25, 0.3) is 0 Å². The largest absolute Gasteiger partial charge is 0.376 e. The monoisotopic (exact) mass is 374 g/mol. The highest BCUT2D eigenvalue weighted by Crippen LogP contribution is 2.23. The number of hydrogen-bond acceptors (Lipinski definition) is 5. The summed E-state index contributed by atoms with van der Waals surface area (Å²) in [6.45, 7) is 3.77. The van der Waals surface area contributed by atoms with Crippen molar-refractivity contribution in [3.8, 4) is 11.4 Å². The van der Waals surface area contributed by atoms with Crippen molar-refractivity contribution in [1.29, 1.82) is 0 Å². The van der Waals surface area contributed by atoms with Crippen LogP contribution in [0.25, 0.3) is 11.4 Å². The molecule has 4 rings (SSSR count). The van der Waals surface area contributed by atoms with Crippen LogP contribution in [0.1, 0.15) is 25.3 Å². The van der Waals surface area contributed by atoms with Gasteiger partial charge in [0, 0.05) is 30.5 Å². The summed E-state index contributed by atoms with van der Waals surface area (Å²) in [7, 11) is 0. The molecular formula is C23H26N4O. The van der Waals surface area contributed by atoms with Crippen molar-refractivity contribution in [1.82, 2.24) is 9.97 Å². The first-order valence-electron chi connectivity index (χ1n) is 9.96. The SMILES string of the molecule is CCc1ccc(Nc2cc(NCC3CCCO3)nc(-c3ccccc3)n2)cc1. The van der Waals surface area contributed by atoms with E-state index in [-0.39, 0.29) is 6.10 Å². The zero-order chi connectivity index (χ0) is 19.2. The van der Waals surface area contributed by atoms with Gasteiger partial charge in [0.15, 0.2) is 5.82 Å². The van der Waals surface area contributed by atoms with Crippen LogP contribution in [0.3, 0.4) is 0 Å². The topological polar surface area (TPSA) is 59.1 Å². The molecule has 0 spiro atoms. The number of ether oxygens (including phenoxy) is 1. The Morgan fingerprint density at radius 3 is 2.50 bits per heavy atom. The van der Waals surface area contributed by atoms with Crippen molar-refractivity contribution in [3.63, 3.8) is 0 Å². The molecule has 28 heavy (non-hydrogen) atoms. The fourth-order valence-corrected chi connectivity index (χ4v) is 3.31. The summed E-state index contributed by atoms with van der Waals surface area (Å²) in [6, 6.07) is 20.5. The molecule has 0 bridgehead atoms. The van der Waals surface area contributed by atoms with Gasteiger partial charge in [0.05, 0.1) is 6.10 Å². The highest BCUT2D eigenvalue weighted by atomic mass is 16.5. The quantitative estimate of drug-likeness (QED) is 0.607. The third kappa shape index (κ3) is 4.67. The third-order valence-electron chi connectivity index (χ3n) is 4.93. The maximum absolute atomic E-state index is 5.72. The van der Waals surface area contributed by atoms with Crippen molar-refractivity contribution in [2.75, 3.05) is 23.8 Å². The Bertz CT molecular complexity index is 890. The molecule has 144 valence electrons. The number of nitrogens with one attached hydrogen (secondary N) is 2. The molecule has 2 heterocycles. The molecule has 0 saturated carbocycles. The second-order valence-electron chi connectivity index (χ2n) is 7.02. The minimum Gasteiger partial charge on any atom is -0.376 e. The Morgan fingerprint density at radius 1 is 1.00 bits per heavy atom. The van der Waals surface area contributed by atoms with Crippen molar-refractivity contribution in [3.05, 3.63) is 66.2 Å². The van der Waals surface area contributed by atoms with Crippen LogP contribution in [0.4, 0.5) is 17.3 Å². The minimum atomic E-state index is 0.258. The second kappa shape index (κ2) is 8.85. The lowest BCUT2D eigenvalue weighted by Crippen LogP contribution is -2.19. The molecule has 1 aromatic heterocycles. The minimum absolute atomic E-state index is 0.258. The first kappa shape index (κ1) is 18.4. The van der Waals surface area contributed by atoms with Crippen LogP contribution in [0.5, 0.6) is 0 Å². The number of nitrogens with zero attached hydrogens (tertiary/aromatic N) is 2.